The molecular weight excluding hydrogens is 322 g/mol. The Morgan fingerprint density at radius 3 is 2.44 bits per heavy atom. The molecule has 1 unspecified atom stereocenters. The number of ether oxygens (including phenoxy) is 3. The summed E-state index contributed by atoms with van der Waals surface area (Å²) in [5.41, 5.74) is 0.760. The van der Waals surface area contributed by atoms with Crippen molar-refractivity contribution in [1.29, 1.82) is 0 Å². The van der Waals surface area contributed by atoms with Crippen molar-refractivity contribution in [1.82, 2.24) is 15.0 Å². The smallest absolute Gasteiger partial charge is 0.241 e. The topological polar surface area (TPSA) is 69.9 Å². The van der Waals surface area contributed by atoms with Crippen molar-refractivity contribution in [2.75, 3.05) is 27.9 Å². The third kappa shape index (κ3) is 3.71. The molecule has 0 radical (unpaired) electrons. The number of piperidine rings is 1. The Morgan fingerprint density at radius 2 is 1.84 bits per heavy atom. The van der Waals surface area contributed by atoms with E-state index in [9.17, 15) is 0 Å². The molecule has 2 aromatic rings. The molecule has 3 rings (SSSR count). The Bertz CT molecular complexity index is 691. The minimum Gasteiger partial charge on any atom is -0.493 e. The zero-order valence-electron chi connectivity index (χ0n) is 15.2. The summed E-state index contributed by atoms with van der Waals surface area (Å²) in [6.45, 7) is 4.00. The number of aromatic nitrogens is 2. The largest absolute Gasteiger partial charge is 0.493 e. The van der Waals surface area contributed by atoms with Gasteiger partial charge in [0.15, 0.2) is 11.5 Å². The SMILES string of the molecule is COc1cc(-c2noc(CN3CCCCC3C)n2)cc(OC)c1OC. The molecule has 0 aliphatic carbocycles. The highest BCUT2D eigenvalue weighted by Gasteiger charge is 2.22. The van der Waals surface area contributed by atoms with Gasteiger partial charge < -0.3 is 18.7 Å². The van der Waals surface area contributed by atoms with Gasteiger partial charge in [0, 0.05) is 11.6 Å². The molecule has 1 saturated heterocycles. The highest BCUT2D eigenvalue weighted by Crippen LogP contribution is 2.40. The highest BCUT2D eigenvalue weighted by atomic mass is 16.5. The molecule has 7 nitrogen and oxygen atoms in total. The first-order chi connectivity index (χ1) is 12.2. The monoisotopic (exact) mass is 347 g/mol. The number of benzene rings is 1. The minimum absolute atomic E-state index is 0.513. The van der Waals surface area contributed by atoms with E-state index in [1.54, 1.807) is 21.3 Å². The van der Waals surface area contributed by atoms with Crippen molar-refractivity contribution in [2.24, 2.45) is 0 Å². The molecule has 1 atom stereocenters. The van der Waals surface area contributed by atoms with E-state index < -0.39 is 0 Å². The predicted molar refractivity (Wildman–Crippen MR) is 93.1 cm³/mol. The third-order valence-corrected chi connectivity index (χ3v) is 4.67. The van der Waals surface area contributed by atoms with Crippen LogP contribution in [0.3, 0.4) is 0 Å². The molecule has 2 heterocycles. The summed E-state index contributed by atoms with van der Waals surface area (Å²) in [7, 11) is 4.74. The number of hydrogen-bond acceptors (Lipinski definition) is 7. The van der Waals surface area contributed by atoms with Gasteiger partial charge in [0.25, 0.3) is 0 Å². The van der Waals surface area contributed by atoms with Gasteiger partial charge in [-0.1, -0.05) is 11.6 Å². The second-order valence-corrected chi connectivity index (χ2v) is 6.24. The first-order valence-electron chi connectivity index (χ1n) is 8.53. The van der Waals surface area contributed by atoms with E-state index in [1.165, 1.54) is 19.3 Å². The van der Waals surface area contributed by atoms with Crippen molar-refractivity contribution >= 4 is 0 Å². The summed E-state index contributed by atoms with van der Waals surface area (Å²) in [5.74, 6) is 2.80. The second-order valence-electron chi connectivity index (χ2n) is 6.24. The Hall–Kier alpha value is -2.28. The summed E-state index contributed by atoms with van der Waals surface area (Å²) < 4.78 is 21.6. The molecule has 0 amide bonds. The summed E-state index contributed by atoms with van der Waals surface area (Å²) in [5, 5.41) is 4.12. The van der Waals surface area contributed by atoms with Crippen LogP contribution in [0, 0.1) is 0 Å². The molecule has 7 heteroatoms. The number of hydrogen-bond donors (Lipinski definition) is 0. The van der Waals surface area contributed by atoms with Gasteiger partial charge in [0.2, 0.25) is 17.5 Å². The fourth-order valence-electron chi connectivity index (χ4n) is 3.21. The zero-order chi connectivity index (χ0) is 17.8. The van der Waals surface area contributed by atoms with E-state index in [1.807, 2.05) is 12.1 Å². The molecule has 0 spiro atoms. The van der Waals surface area contributed by atoms with Gasteiger partial charge in [-0.05, 0) is 38.4 Å². The molecule has 1 fully saturated rings. The van der Waals surface area contributed by atoms with E-state index in [4.69, 9.17) is 18.7 Å². The number of rotatable bonds is 6. The molecule has 0 bridgehead atoms. The lowest BCUT2D eigenvalue weighted by atomic mass is 10.0. The van der Waals surface area contributed by atoms with Gasteiger partial charge in [0.05, 0.1) is 27.9 Å². The van der Waals surface area contributed by atoms with Crippen LogP contribution >= 0.6 is 0 Å². The second kappa shape index (κ2) is 7.74. The lowest BCUT2D eigenvalue weighted by molar-refractivity contribution is 0.135. The van der Waals surface area contributed by atoms with Crippen LogP contribution < -0.4 is 14.2 Å². The van der Waals surface area contributed by atoms with Crippen LogP contribution in [0.25, 0.3) is 11.4 Å². The van der Waals surface area contributed by atoms with Crippen LogP contribution in [0.1, 0.15) is 32.1 Å². The maximum atomic E-state index is 5.46. The zero-order valence-corrected chi connectivity index (χ0v) is 15.2. The first-order valence-corrected chi connectivity index (χ1v) is 8.53. The summed E-state index contributed by atoms with van der Waals surface area (Å²) in [6.07, 6.45) is 3.73. The maximum Gasteiger partial charge on any atom is 0.241 e. The fourth-order valence-corrected chi connectivity index (χ4v) is 3.21. The van der Waals surface area contributed by atoms with Crippen molar-refractivity contribution in [2.45, 2.75) is 38.8 Å². The van der Waals surface area contributed by atoms with Crippen LogP contribution in [0.4, 0.5) is 0 Å². The van der Waals surface area contributed by atoms with E-state index >= 15 is 0 Å². The Balaban J connectivity index is 1.84. The predicted octanol–water partition coefficient (Wildman–Crippen LogP) is 3.14. The summed E-state index contributed by atoms with van der Waals surface area (Å²) >= 11 is 0. The van der Waals surface area contributed by atoms with Crippen molar-refractivity contribution in [3.05, 3.63) is 18.0 Å². The average Bonchev–Trinajstić information content (AvgIpc) is 3.11. The summed E-state index contributed by atoms with van der Waals surface area (Å²) in [4.78, 5) is 6.93. The highest BCUT2D eigenvalue weighted by molar-refractivity contribution is 5.66. The minimum atomic E-state index is 0.513. The van der Waals surface area contributed by atoms with E-state index in [0.29, 0.717) is 41.6 Å². The van der Waals surface area contributed by atoms with E-state index in [-0.39, 0.29) is 0 Å². The Kier molecular flexibility index (Phi) is 5.43. The van der Waals surface area contributed by atoms with Gasteiger partial charge in [-0.2, -0.15) is 4.98 Å². The first kappa shape index (κ1) is 17.5. The maximum absolute atomic E-state index is 5.46. The molecule has 1 aliphatic heterocycles. The lowest BCUT2D eigenvalue weighted by Crippen LogP contribution is -2.36. The molecule has 1 aromatic heterocycles. The van der Waals surface area contributed by atoms with Gasteiger partial charge in [-0.25, -0.2) is 0 Å². The number of likely N-dealkylation sites (tertiary alicyclic amines) is 1. The molecule has 0 N–H and O–H groups in total. The molecular formula is C18H25N3O4. The standard InChI is InChI=1S/C18H25N3O4/c1-12-7-5-6-8-21(12)11-16-19-18(20-25-16)13-9-14(22-2)17(24-4)15(10-13)23-3/h9-10,12H,5-8,11H2,1-4H3. The number of nitrogens with zero attached hydrogens (tertiary/aromatic N) is 3. The fraction of sp³-hybridized carbons (Fsp3) is 0.556. The van der Waals surface area contributed by atoms with Crippen molar-refractivity contribution in [3.8, 4) is 28.6 Å². The molecule has 25 heavy (non-hydrogen) atoms. The molecule has 0 saturated carbocycles. The molecule has 136 valence electrons. The Morgan fingerprint density at radius 1 is 1.12 bits per heavy atom. The summed E-state index contributed by atoms with van der Waals surface area (Å²) in [6, 6.07) is 4.18. The molecule has 1 aliphatic rings. The van der Waals surface area contributed by atoms with Gasteiger partial charge in [0.1, 0.15) is 0 Å². The van der Waals surface area contributed by atoms with E-state index in [0.717, 1.165) is 12.1 Å². The van der Waals surface area contributed by atoms with Crippen LogP contribution in [0.5, 0.6) is 17.2 Å². The number of methoxy groups -OCH3 is 3. The van der Waals surface area contributed by atoms with Gasteiger partial charge in [-0.3, -0.25) is 4.90 Å². The van der Waals surface area contributed by atoms with Gasteiger partial charge >= 0.3 is 0 Å². The Labute approximate surface area is 147 Å². The van der Waals surface area contributed by atoms with Crippen LogP contribution in [-0.2, 0) is 6.54 Å². The average molecular weight is 347 g/mol. The van der Waals surface area contributed by atoms with Gasteiger partial charge in [-0.15, -0.1) is 0 Å². The van der Waals surface area contributed by atoms with Crippen molar-refractivity contribution < 1.29 is 18.7 Å². The van der Waals surface area contributed by atoms with Crippen LogP contribution in [0.2, 0.25) is 0 Å². The quantitative estimate of drug-likeness (QED) is 0.795. The third-order valence-electron chi connectivity index (χ3n) is 4.67. The van der Waals surface area contributed by atoms with Crippen LogP contribution in [-0.4, -0.2) is 49.0 Å². The normalized spacial score (nSPS) is 18.2. The van der Waals surface area contributed by atoms with E-state index in [2.05, 4.69) is 22.0 Å². The molecule has 1 aromatic carbocycles. The van der Waals surface area contributed by atoms with Crippen molar-refractivity contribution in [3.63, 3.8) is 0 Å². The lowest BCUT2D eigenvalue weighted by Gasteiger charge is -2.31. The van der Waals surface area contributed by atoms with Crippen LogP contribution in [0.15, 0.2) is 16.7 Å².